The molecule has 0 saturated heterocycles. The molecule has 0 amide bonds. The zero-order valence-electron chi connectivity index (χ0n) is 10.2. The van der Waals surface area contributed by atoms with Gasteiger partial charge in [0.25, 0.3) is 0 Å². The van der Waals surface area contributed by atoms with E-state index in [9.17, 15) is 0 Å². The van der Waals surface area contributed by atoms with Crippen LogP contribution >= 0.6 is 11.6 Å². The van der Waals surface area contributed by atoms with Crippen LogP contribution in [0.4, 0.5) is 0 Å². The molecule has 0 bridgehead atoms. The van der Waals surface area contributed by atoms with Gasteiger partial charge in [0.05, 0.1) is 12.1 Å². The Morgan fingerprint density at radius 3 is 2.62 bits per heavy atom. The fourth-order valence-electron chi connectivity index (χ4n) is 1.82. The van der Waals surface area contributed by atoms with E-state index >= 15 is 0 Å². The average molecular weight is 242 g/mol. The van der Waals surface area contributed by atoms with Crippen molar-refractivity contribution in [2.75, 3.05) is 13.7 Å². The van der Waals surface area contributed by atoms with Gasteiger partial charge >= 0.3 is 0 Å². The summed E-state index contributed by atoms with van der Waals surface area (Å²) in [5.74, 6) is 0.733. The molecule has 3 heteroatoms. The summed E-state index contributed by atoms with van der Waals surface area (Å²) in [7, 11) is 1.63. The Bertz CT molecular complexity index is 322. The molecule has 2 nitrogen and oxygen atoms in total. The van der Waals surface area contributed by atoms with E-state index in [1.807, 2.05) is 12.1 Å². The SMILES string of the molecule is CCCC(NCC)c1ccc(OC)c(Cl)c1. The van der Waals surface area contributed by atoms with E-state index in [0.717, 1.165) is 25.1 Å². The second-order valence-corrected chi connectivity index (χ2v) is 4.20. The lowest BCUT2D eigenvalue weighted by molar-refractivity contribution is 0.414. The standard InChI is InChI=1S/C13H20ClNO/c1-4-6-12(15-5-2)10-7-8-13(16-3)11(14)9-10/h7-9,12,15H,4-6H2,1-3H3. The molecule has 1 aromatic carbocycles. The van der Waals surface area contributed by atoms with Crippen LogP contribution in [0.15, 0.2) is 18.2 Å². The molecule has 0 saturated carbocycles. The molecule has 0 aliphatic carbocycles. The van der Waals surface area contributed by atoms with Gasteiger partial charge in [-0.15, -0.1) is 0 Å². The molecule has 0 fully saturated rings. The fourth-order valence-corrected chi connectivity index (χ4v) is 2.09. The third-order valence-electron chi connectivity index (χ3n) is 2.61. The molecule has 0 spiro atoms. The van der Waals surface area contributed by atoms with Crippen molar-refractivity contribution in [3.63, 3.8) is 0 Å². The van der Waals surface area contributed by atoms with Crippen molar-refractivity contribution in [1.29, 1.82) is 0 Å². The quantitative estimate of drug-likeness (QED) is 0.818. The highest BCUT2D eigenvalue weighted by atomic mass is 35.5. The van der Waals surface area contributed by atoms with Gasteiger partial charge in [0.2, 0.25) is 0 Å². The molecule has 1 aromatic rings. The minimum absolute atomic E-state index is 0.387. The van der Waals surface area contributed by atoms with Crippen LogP contribution < -0.4 is 10.1 Å². The van der Waals surface area contributed by atoms with Crippen molar-refractivity contribution in [2.24, 2.45) is 0 Å². The average Bonchev–Trinajstić information content (AvgIpc) is 2.28. The van der Waals surface area contributed by atoms with Gasteiger partial charge < -0.3 is 10.1 Å². The lowest BCUT2D eigenvalue weighted by Gasteiger charge is -2.18. The summed E-state index contributed by atoms with van der Waals surface area (Å²) < 4.78 is 5.15. The fraction of sp³-hybridized carbons (Fsp3) is 0.538. The molecule has 0 radical (unpaired) electrons. The number of nitrogens with one attached hydrogen (secondary N) is 1. The lowest BCUT2D eigenvalue weighted by atomic mass is 10.0. The molecule has 16 heavy (non-hydrogen) atoms. The Balaban J connectivity index is 2.87. The highest BCUT2D eigenvalue weighted by molar-refractivity contribution is 6.32. The van der Waals surface area contributed by atoms with Gasteiger partial charge in [-0.3, -0.25) is 0 Å². The third kappa shape index (κ3) is 3.39. The number of hydrogen-bond acceptors (Lipinski definition) is 2. The molecule has 1 atom stereocenters. The normalized spacial score (nSPS) is 12.5. The topological polar surface area (TPSA) is 21.3 Å². The first-order valence-electron chi connectivity index (χ1n) is 5.79. The van der Waals surface area contributed by atoms with E-state index < -0.39 is 0 Å². The van der Waals surface area contributed by atoms with Crippen LogP contribution in [0.5, 0.6) is 5.75 Å². The third-order valence-corrected chi connectivity index (χ3v) is 2.90. The van der Waals surface area contributed by atoms with Gasteiger partial charge in [-0.1, -0.05) is 37.9 Å². The van der Waals surface area contributed by atoms with Crippen LogP contribution in [0.2, 0.25) is 5.02 Å². The van der Waals surface area contributed by atoms with Crippen molar-refractivity contribution >= 4 is 11.6 Å². The molecule has 0 aliphatic heterocycles. The van der Waals surface area contributed by atoms with Gasteiger partial charge in [0, 0.05) is 6.04 Å². The molecule has 1 unspecified atom stereocenters. The van der Waals surface area contributed by atoms with E-state index in [-0.39, 0.29) is 0 Å². The zero-order chi connectivity index (χ0) is 12.0. The maximum absolute atomic E-state index is 6.12. The highest BCUT2D eigenvalue weighted by Gasteiger charge is 2.11. The van der Waals surface area contributed by atoms with Crippen molar-refractivity contribution in [3.05, 3.63) is 28.8 Å². The predicted octanol–water partition coefficient (Wildman–Crippen LogP) is 3.80. The summed E-state index contributed by atoms with van der Waals surface area (Å²) >= 11 is 6.12. The molecule has 0 heterocycles. The van der Waals surface area contributed by atoms with Crippen molar-refractivity contribution in [1.82, 2.24) is 5.32 Å². The van der Waals surface area contributed by atoms with Crippen LogP contribution in [0.25, 0.3) is 0 Å². The molecule has 0 aliphatic rings. The first-order chi connectivity index (χ1) is 7.72. The van der Waals surface area contributed by atoms with Crippen LogP contribution in [0.1, 0.15) is 38.3 Å². The minimum atomic E-state index is 0.387. The van der Waals surface area contributed by atoms with E-state index in [2.05, 4.69) is 25.2 Å². The van der Waals surface area contributed by atoms with Crippen LogP contribution in [0, 0.1) is 0 Å². The maximum Gasteiger partial charge on any atom is 0.137 e. The second kappa shape index (κ2) is 6.77. The number of ether oxygens (including phenoxy) is 1. The van der Waals surface area contributed by atoms with Crippen molar-refractivity contribution in [3.8, 4) is 5.75 Å². The largest absolute Gasteiger partial charge is 0.495 e. The van der Waals surface area contributed by atoms with Crippen molar-refractivity contribution in [2.45, 2.75) is 32.7 Å². The van der Waals surface area contributed by atoms with E-state index in [4.69, 9.17) is 16.3 Å². The number of rotatable bonds is 6. The monoisotopic (exact) mass is 241 g/mol. The van der Waals surface area contributed by atoms with Crippen LogP contribution in [0.3, 0.4) is 0 Å². The molecule has 1 rings (SSSR count). The van der Waals surface area contributed by atoms with Gasteiger partial charge in [0.15, 0.2) is 0 Å². The van der Waals surface area contributed by atoms with Crippen LogP contribution in [-0.2, 0) is 0 Å². The van der Waals surface area contributed by atoms with Crippen LogP contribution in [-0.4, -0.2) is 13.7 Å². The van der Waals surface area contributed by atoms with Crippen molar-refractivity contribution < 1.29 is 4.74 Å². The smallest absolute Gasteiger partial charge is 0.137 e. The van der Waals surface area contributed by atoms with Gasteiger partial charge in [-0.05, 0) is 30.7 Å². The number of halogens is 1. The van der Waals surface area contributed by atoms with Gasteiger partial charge in [-0.25, -0.2) is 0 Å². The van der Waals surface area contributed by atoms with Gasteiger partial charge in [0.1, 0.15) is 5.75 Å². The lowest BCUT2D eigenvalue weighted by Crippen LogP contribution is -2.20. The number of hydrogen-bond donors (Lipinski definition) is 1. The highest BCUT2D eigenvalue weighted by Crippen LogP contribution is 2.29. The van der Waals surface area contributed by atoms with Gasteiger partial charge in [-0.2, -0.15) is 0 Å². The second-order valence-electron chi connectivity index (χ2n) is 3.79. The molecular weight excluding hydrogens is 222 g/mol. The Labute approximate surface area is 103 Å². The summed E-state index contributed by atoms with van der Waals surface area (Å²) in [6.07, 6.45) is 2.28. The Kier molecular flexibility index (Phi) is 5.64. The first-order valence-corrected chi connectivity index (χ1v) is 6.17. The van der Waals surface area contributed by atoms with E-state index in [1.54, 1.807) is 7.11 Å². The maximum atomic E-state index is 6.12. The number of methoxy groups -OCH3 is 1. The summed E-state index contributed by atoms with van der Waals surface area (Å²) in [5, 5.41) is 4.14. The number of benzene rings is 1. The molecule has 90 valence electrons. The minimum Gasteiger partial charge on any atom is -0.495 e. The molecular formula is C13H20ClNO. The predicted molar refractivity (Wildman–Crippen MR) is 69.3 cm³/mol. The Morgan fingerprint density at radius 2 is 2.12 bits per heavy atom. The molecule has 1 N–H and O–H groups in total. The summed E-state index contributed by atoms with van der Waals surface area (Å²) in [6, 6.07) is 6.38. The van der Waals surface area contributed by atoms with E-state index in [1.165, 1.54) is 5.56 Å². The zero-order valence-corrected chi connectivity index (χ0v) is 11.0. The summed E-state index contributed by atoms with van der Waals surface area (Å²) in [4.78, 5) is 0. The Hall–Kier alpha value is -0.730. The van der Waals surface area contributed by atoms with E-state index in [0.29, 0.717) is 11.1 Å². The molecule has 0 aromatic heterocycles. The Morgan fingerprint density at radius 1 is 1.38 bits per heavy atom. The first kappa shape index (κ1) is 13.3. The summed E-state index contributed by atoms with van der Waals surface area (Å²) in [6.45, 7) is 5.28. The summed E-state index contributed by atoms with van der Waals surface area (Å²) in [5.41, 5.74) is 1.23.